The van der Waals surface area contributed by atoms with Crippen LogP contribution in [0, 0.1) is 53.3 Å². The first kappa shape index (κ1) is 25.9. The molecule has 6 rings (SSSR count). The van der Waals surface area contributed by atoms with Gasteiger partial charge in [0.1, 0.15) is 0 Å². The SMILES string of the molecule is Cc1ccc2c(c1)N(C(=O)CC[C@@H](C)[C@H]1CC[C@H]3[C@@H]4[C@@H](O)C[C@@H]5C[C@H](O)CC[C@]5(C)[C@H]4CC[C@]13C)CC2. The predicted octanol–water partition coefficient (Wildman–Crippen LogP) is 6.29. The first-order chi connectivity index (χ1) is 17.6. The van der Waals surface area contributed by atoms with Crippen molar-refractivity contribution in [3.05, 3.63) is 29.3 Å². The van der Waals surface area contributed by atoms with Gasteiger partial charge in [-0.1, -0.05) is 32.9 Å². The largest absolute Gasteiger partial charge is 0.393 e. The number of nitrogens with zero attached hydrogens (tertiary/aromatic N) is 1. The molecule has 5 aliphatic rings. The summed E-state index contributed by atoms with van der Waals surface area (Å²) in [5.74, 6) is 3.55. The van der Waals surface area contributed by atoms with Crippen molar-refractivity contribution in [2.45, 2.75) is 111 Å². The van der Waals surface area contributed by atoms with Gasteiger partial charge in [-0.25, -0.2) is 0 Å². The Kier molecular flexibility index (Phi) is 6.55. The molecular formula is C33H49NO3. The van der Waals surface area contributed by atoms with Crippen LogP contribution < -0.4 is 4.90 Å². The number of aryl methyl sites for hydroxylation is 1. The van der Waals surface area contributed by atoms with E-state index in [0.717, 1.165) is 50.8 Å². The number of hydrogen-bond donors (Lipinski definition) is 2. The molecule has 0 saturated heterocycles. The molecule has 4 fully saturated rings. The van der Waals surface area contributed by atoms with Crippen LogP contribution in [0.25, 0.3) is 0 Å². The molecule has 0 spiro atoms. The van der Waals surface area contributed by atoms with Crippen molar-refractivity contribution in [2.75, 3.05) is 11.4 Å². The predicted molar refractivity (Wildman–Crippen MR) is 148 cm³/mol. The molecule has 4 heteroatoms. The number of carbonyl (C=O) groups excluding carboxylic acids is 1. The van der Waals surface area contributed by atoms with E-state index < -0.39 is 0 Å². The fourth-order valence-corrected chi connectivity index (χ4v) is 10.6. The molecule has 0 aromatic heterocycles. The zero-order valence-corrected chi connectivity index (χ0v) is 23.6. The molecule has 1 heterocycles. The molecule has 37 heavy (non-hydrogen) atoms. The third kappa shape index (κ3) is 4.11. The van der Waals surface area contributed by atoms with E-state index in [2.05, 4.69) is 45.9 Å². The molecule has 1 amide bonds. The second-order valence-electron chi connectivity index (χ2n) is 14.4. The standard InChI is InChI=1S/C33H49NO3/c1-20-5-7-22-13-16-34(28(22)17-20)30(37)10-6-21(2)25-8-9-26-31-27(12-15-33(25,26)4)32(3)14-11-24(35)18-23(32)19-29(31)36/h5,7,17,21,23-27,29,31,35-36H,6,8-16,18-19H2,1-4H3/t21-,23+,24-,25-,26+,27+,29+,31+,32+,33-/m1/s1. The summed E-state index contributed by atoms with van der Waals surface area (Å²) in [6, 6.07) is 6.52. The molecule has 4 saturated carbocycles. The van der Waals surface area contributed by atoms with Crippen molar-refractivity contribution in [3.63, 3.8) is 0 Å². The fourth-order valence-electron chi connectivity index (χ4n) is 10.6. The van der Waals surface area contributed by atoms with Gasteiger partial charge in [-0.15, -0.1) is 0 Å². The minimum Gasteiger partial charge on any atom is -0.393 e. The average Bonchev–Trinajstić information content (AvgIpc) is 3.44. The third-order valence-electron chi connectivity index (χ3n) is 12.7. The Labute approximate surface area is 224 Å². The van der Waals surface area contributed by atoms with Gasteiger partial charge in [0.15, 0.2) is 0 Å². The number of rotatable bonds is 4. The molecule has 4 nitrogen and oxygen atoms in total. The first-order valence-electron chi connectivity index (χ1n) is 15.4. The summed E-state index contributed by atoms with van der Waals surface area (Å²) in [4.78, 5) is 15.3. The number of fused-ring (bicyclic) bond motifs is 6. The van der Waals surface area contributed by atoms with E-state index in [0.29, 0.717) is 47.8 Å². The van der Waals surface area contributed by atoms with Gasteiger partial charge in [-0.05, 0) is 135 Å². The maximum Gasteiger partial charge on any atom is 0.227 e. The molecule has 1 aromatic rings. The lowest BCUT2D eigenvalue weighted by Gasteiger charge is -2.62. The number of aliphatic hydroxyl groups is 2. The van der Waals surface area contributed by atoms with E-state index in [1.165, 1.54) is 36.8 Å². The van der Waals surface area contributed by atoms with Crippen molar-refractivity contribution in [2.24, 2.45) is 46.3 Å². The van der Waals surface area contributed by atoms with E-state index >= 15 is 0 Å². The highest BCUT2D eigenvalue weighted by molar-refractivity contribution is 5.95. The Morgan fingerprint density at radius 3 is 2.62 bits per heavy atom. The molecule has 1 aromatic carbocycles. The van der Waals surface area contributed by atoms with Gasteiger partial charge >= 0.3 is 0 Å². The van der Waals surface area contributed by atoms with E-state index in [9.17, 15) is 15.0 Å². The quantitative estimate of drug-likeness (QED) is 0.503. The molecule has 0 bridgehead atoms. The Morgan fingerprint density at radius 1 is 1.05 bits per heavy atom. The fraction of sp³-hybridized carbons (Fsp3) is 0.788. The van der Waals surface area contributed by atoms with Crippen molar-refractivity contribution < 1.29 is 15.0 Å². The number of amides is 1. The number of carbonyl (C=O) groups is 1. The summed E-state index contributed by atoms with van der Waals surface area (Å²) < 4.78 is 0. The van der Waals surface area contributed by atoms with Gasteiger partial charge in [0.05, 0.1) is 12.2 Å². The minimum atomic E-state index is -0.215. The van der Waals surface area contributed by atoms with Crippen LogP contribution in [-0.2, 0) is 11.2 Å². The second kappa shape index (κ2) is 9.37. The van der Waals surface area contributed by atoms with Crippen LogP contribution in [-0.4, -0.2) is 34.9 Å². The van der Waals surface area contributed by atoms with Gasteiger partial charge < -0.3 is 15.1 Å². The maximum atomic E-state index is 13.3. The Balaban J connectivity index is 1.13. The maximum absolute atomic E-state index is 13.3. The van der Waals surface area contributed by atoms with Crippen molar-refractivity contribution in [1.29, 1.82) is 0 Å². The summed E-state index contributed by atoms with van der Waals surface area (Å²) in [7, 11) is 0. The van der Waals surface area contributed by atoms with E-state index in [1.807, 2.05) is 4.90 Å². The van der Waals surface area contributed by atoms with Gasteiger partial charge in [-0.3, -0.25) is 4.79 Å². The Hall–Kier alpha value is -1.39. The number of aliphatic hydroxyl groups excluding tert-OH is 2. The monoisotopic (exact) mass is 507 g/mol. The zero-order chi connectivity index (χ0) is 26.1. The van der Waals surface area contributed by atoms with Crippen LogP contribution in [0.1, 0.15) is 96.1 Å². The van der Waals surface area contributed by atoms with Gasteiger partial charge in [0, 0.05) is 18.7 Å². The van der Waals surface area contributed by atoms with Gasteiger partial charge in [-0.2, -0.15) is 0 Å². The summed E-state index contributed by atoms with van der Waals surface area (Å²) in [6.07, 6.45) is 11.0. The van der Waals surface area contributed by atoms with Gasteiger partial charge in [0.2, 0.25) is 5.91 Å². The molecule has 204 valence electrons. The Morgan fingerprint density at radius 2 is 1.81 bits per heavy atom. The topological polar surface area (TPSA) is 60.8 Å². The molecule has 4 aliphatic carbocycles. The highest BCUT2D eigenvalue weighted by atomic mass is 16.3. The summed E-state index contributed by atoms with van der Waals surface area (Å²) in [5.41, 5.74) is 4.23. The van der Waals surface area contributed by atoms with E-state index in [-0.39, 0.29) is 23.0 Å². The normalized spacial score (nSPS) is 43.5. The lowest BCUT2D eigenvalue weighted by molar-refractivity contribution is -0.174. The lowest BCUT2D eigenvalue weighted by atomic mass is 9.43. The second-order valence-corrected chi connectivity index (χ2v) is 14.4. The highest BCUT2D eigenvalue weighted by Gasteiger charge is 2.62. The first-order valence-corrected chi connectivity index (χ1v) is 15.4. The molecule has 0 unspecified atom stereocenters. The Bertz CT molecular complexity index is 1040. The smallest absolute Gasteiger partial charge is 0.227 e. The molecule has 2 N–H and O–H groups in total. The molecule has 0 radical (unpaired) electrons. The van der Waals surface area contributed by atoms with Crippen LogP contribution in [0.3, 0.4) is 0 Å². The van der Waals surface area contributed by atoms with Crippen LogP contribution in [0.2, 0.25) is 0 Å². The number of anilines is 1. The summed E-state index contributed by atoms with van der Waals surface area (Å²) in [5, 5.41) is 21.8. The van der Waals surface area contributed by atoms with Crippen LogP contribution in [0.5, 0.6) is 0 Å². The van der Waals surface area contributed by atoms with Gasteiger partial charge in [0.25, 0.3) is 0 Å². The van der Waals surface area contributed by atoms with Crippen LogP contribution in [0.4, 0.5) is 5.69 Å². The van der Waals surface area contributed by atoms with Crippen molar-refractivity contribution in [3.8, 4) is 0 Å². The molecular weight excluding hydrogens is 458 g/mol. The molecule has 1 aliphatic heterocycles. The summed E-state index contributed by atoms with van der Waals surface area (Å²) in [6.45, 7) is 10.4. The lowest BCUT2D eigenvalue weighted by Crippen LogP contribution is -2.58. The van der Waals surface area contributed by atoms with E-state index in [4.69, 9.17) is 0 Å². The van der Waals surface area contributed by atoms with Crippen molar-refractivity contribution in [1.82, 2.24) is 0 Å². The average molecular weight is 508 g/mol. The number of hydrogen-bond acceptors (Lipinski definition) is 3. The minimum absolute atomic E-state index is 0.173. The van der Waals surface area contributed by atoms with Crippen molar-refractivity contribution >= 4 is 11.6 Å². The van der Waals surface area contributed by atoms with Crippen LogP contribution >= 0.6 is 0 Å². The molecule has 10 atom stereocenters. The summed E-state index contributed by atoms with van der Waals surface area (Å²) >= 11 is 0. The zero-order valence-electron chi connectivity index (χ0n) is 23.6. The van der Waals surface area contributed by atoms with E-state index in [1.54, 1.807) is 0 Å². The highest BCUT2D eigenvalue weighted by Crippen LogP contribution is 2.68. The third-order valence-corrected chi connectivity index (χ3v) is 12.7. The number of benzene rings is 1. The van der Waals surface area contributed by atoms with Crippen LogP contribution in [0.15, 0.2) is 18.2 Å².